The summed E-state index contributed by atoms with van der Waals surface area (Å²) in [6.45, 7) is 4.10. The Labute approximate surface area is 232 Å². The van der Waals surface area contributed by atoms with E-state index in [1.807, 2.05) is 0 Å². The second kappa shape index (κ2) is 12.6. The summed E-state index contributed by atoms with van der Waals surface area (Å²) in [5, 5.41) is 3.30. The molecule has 11 heteroatoms. The van der Waals surface area contributed by atoms with Crippen LogP contribution in [0.5, 0.6) is 0 Å². The van der Waals surface area contributed by atoms with E-state index in [4.69, 9.17) is 23.2 Å². The van der Waals surface area contributed by atoms with Crippen LogP contribution in [-0.2, 0) is 26.2 Å². The number of para-hydroxylation sites is 1. The maximum Gasteiger partial charge on any atom is 0.264 e. The zero-order chi connectivity index (χ0) is 28.0. The Hall–Kier alpha value is -3.14. The van der Waals surface area contributed by atoms with E-state index in [2.05, 4.69) is 5.32 Å². The van der Waals surface area contributed by atoms with Crippen molar-refractivity contribution in [1.29, 1.82) is 0 Å². The topological polar surface area (TPSA) is 86.8 Å². The highest BCUT2D eigenvalue weighted by atomic mass is 35.5. The summed E-state index contributed by atoms with van der Waals surface area (Å²) < 4.78 is 42.8. The van der Waals surface area contributed by atoms with E-state index in [-0.39, 0.29) is 33.2 Å². The van der Waals surface area contributed by atoms with Crippen LogP contribution in [0.1, 0.15) is 26.3 Å². The van der Waals surface area contributed by atoms with Crippen LogP contribution in [-0.4, -0.2) is 43.8 Å². The van der Waals surface area contributed by atoms with Gasteiger partial charge in [-0.2, -0.15) is 0 Å². The fourth-order valence-electron chi connectivity index (χ4n) is 3.73. The molecule has 0 aromatic heterocycles. The number of benzene rings is 3. The molecule has 0 fully saturated rings. The quantitative estimate of drug-likeness (QED) is 0.354. The summed E-state index contributed by atoms with van der Waals surface area (Å²) in [4.78, 5) is 27.8. The lowest BCUT2D eigenvalue weighted by Gasteiger charge is -2.32. The third-order valence-electron chi connectivity index (χ3n) is 5.72. The number of halogens is 3. The molecule has 0 saturated carbocycles. The maximum atomic E-state index is 14.9. The fraction of sp³-hybridized carbons (Fsp3) is 0.259. The molecule has 0 bridgehead atoms. The first-order valence-electron chi connectivity index (χ1n) is 11.8. The first kappa shape index (κ1) is 29.4. The number of rotatable bonds is 10. The van der Waals surface area contributed by atoms with Crippen LogP contribution < -0.4 is 9.62 Å². The number of carbonyl (C=O) groups is 2. The second-order valence-corrected chi connectivity index (χ2v) is 11.5. The Kier molecular flexibility index (Phi) is 9.76. The number of hydrogen-bond acceptors (Lipinski definition) is 4. The molecule has 1 atom stereocenters. The molecule has 0 aliphatic carbocycles. The summed E-state index contributed by atoms with van der Waals surface area (Å²) in [5.74, 6) is -2.04. The van der Waals surface area contributed by atoms with E-state index >= 15 is 0 Å². The smallest absolute Gasteiger partial charge is 0.264 e. The Morgan fingerprint density at radius 3 is 2.05 bits per heavy atom. The van der Waals surface area contributed by atoms with Crippen LogP contribution in [0.25, 0.3) is 0 Å². The number of nitrogens with one attached hydrogen (secondary N) is 1. The van der Waals surface area contributed by atoms with Gasteiger partial charge in [0.15, 0.2) is 0 Å². The molecular formula is C27H28Cl2FN3O4S. The van der Waals surface area contributed by atoms with Crippen molar-refractivity contribution in [2.45, 2.75) is 44.3 Å². The van der Waals surface area contributed by atoms with Gasteiger partial charge in [0.25, 0.3) is 10.0 Å². The summed E-state index contributed by atoms with van der Waals surface area (Å²) in [5.41, 5.74) is 0.0800. The molecule has 1 N–H and O–H groups in total. The van der Waals surface area contributed by atoms with Gasteiger partial charge < -0.3 is 10.2 Å². The lowest BCUT2D eigenvalue weighted by Crippen LogP contribution is -2.52. The third kappa shape index (κ3) is 6.83. The Morgan fingerprint density at radius 1 is 0.895 bits per heavy atom. The third-order valence-corrected chi connectivity index (χ3v) is 8.20. The molecule has 2 amide bonds. The van der Waals surface area contributed by atoms with E-state index in [1.54, 1.807) is 38.1 Å². The van der Waals surface area contributed by atoms with Gasteiger partial charge in [0.1, 0.15) is 18.4 Å². The van der Waals surface area contributed by atoms with E-state index in [9.17, 15) is 22.4 Å². The molecule has 0 radical (unpaired) electrons. The molecule has 0 spiro atoms. The van der Waals surface area contributed by atoms with Gasteiger partial charge in [-0.05, 0) is 57.2 Å². The van der Waals surface area contributed by atoms with Gasteiger partial charge in [-0.25, -0.2) is 12.8 Å². The molecule has 3 aromatic rings. The Balaban J connectivity index is 2.07. The van der Waals surface area contributed by atoms with Gasteiger partial charge in [0.2, 0.25) is 11.8 Å². The Morgan fingerprint density at radius 2 is 1.47 bits per heavy atom. The number of anilines is 1. The predicted octanol–water partition coefficient (Wildman–Crippen LogP) is 5.27. The number of amides is 2. The molecule has 0 aliphatic rings. The summed E-state index contributed by atoms with van der Waals surface area (Å²) in [6, 6.07) is 16.3. The lowest BCUT2D eigenvalue weighted by molar-refractivity contribution is -0.139. The summed E-state index contributed by atoms with van der Waals surface area (Å²) >= 11 is 12.7. The monoisotopic (exact) mass is 579 g/mol. The number of hydrogen-bond donors (Lipinski definition) is 1. The van der Waals surface area contributed by atoms with Crippen LogP contribution >= 0.6 is 23.2 Å². The van der Waals surface area contributed by atoms with Crippen molar-refractivity contribution in [2.24, 2.45) is 0 Å². The van der Waals surface area contributed by atoms with E-state index < -0.39 is 40.2 Å². The molecular weight excluding hydrogens is 552 g/mol. The zero-order valence-electron chi connectivity index (χ0n) is 21.1. The average Bonchev–Trinajstić information content (AvgIpc) is 2.87. The summed E-state index contributed by atoms with van der Waals surface area (Å²) in [6.07, 6.45) is 0. The highest BCUT2D eigenvalue weighted by molar-refractivity contribution is 7.92. The van der Waals surface area contributed by atoms with Crippen LogP contribution in [0.2, 0.25) is 10.0 Å². The summed E-state index contributed by atoms with van der Waals surface area (Å²) in [7, 11) is -4.37. The molecule has 1 unspecified atom stereocenters. The van der Waals surface area contributed by atoms with Gasteiger partial charge >= 0.3 is 0 Å². The van der Waals surface area contributed by atoms with Crippen LogP contribution in [0.15, 0.2) is 77.7 Å². The van der Waals surface area contributed by atoms with Gasteiger partial charge in [0, 0.05) is 28.2 Å². The first-order chi connectivity index (χ1) is 17.9. The molecule has 0 saturated heterocycles. The van der Waals surface area contributed by atoms with Crippen molar-refractivity contribution in [3.8, 4) is 0 Å². The van der Waals surface area contributed by atoms with Crippen LogP contribution in [0, 0.1) is 5.82 Å². The fourth-order valence-corrected chi connectivity index (χ4v) is 5.69. The maximum absolute atomic E-state index is 14.9. The Bertz CT molecular complexity index is 1380. The normalized spacial score (nSPS) is 12.2. The van der Waals surface area contributed by atoms with Crippen molar-refractivity contribution in [2.75, 3.05) is 10.8 Å². The molecule has 0 aliphatic heterocycles. The number of nitrogens with zero attached hydrogens (tertiary/aromatic N) is 2. The van der Waals surface area contributed by atoms with Gasteiger partial charge in [-0.3, -0.25) is 13.9 Å². The molecule has 3 rings (SSSR count). The van der Waals surface area contributed by atoms with Crippen molar-refractivity contribution in [3.05, 3.63) is 94.2 Å². The van der Waals surface area contributed by atoms with Gasteiger partial charge in [-0.15, -0.1) is 0 Å². The zero-order valence-corrected chi connectivity index (χ0v) is 23.4. The van der Waals surface area contributed by atoms with E-state index in [0.29, 0.717) is 9.87 Å². The van der Waals surface area contributed by atoms with Crippen LogP contribution in [0.3, 0.4) is 0 Å². The van der Waals surface area contributed by atoms with Crippen molar-refractivity contribution >= 4 is 50.7 Å². The van der Waals surface area contributed by atoms with Crippen molar-refractivity contribution in [1.82, 2.24) is 10.2 Å². The predicted molar refractivity (Wildman–Crippen MR) is 147 cm³/mol. The number of sulfonamides is 1. The van der Waals surface area contributed by atoms with Crippen molar-refractivity contribution < 1.29 is 22.4 Å². The molecule has 0 heterocycles. The highest BCUT2D eigenvalue weighted by Gasteiger charge is 2.34. The highest BCUT2D eigenvalue weighted by Crippen LogP contribution is 2.29. The number of carbonyl (C=O) groups excluding carboxylic acids is 2. The first-order valence-corrected chi connectivity index (χ1v) is 14.0. The minimum absolute atomic E-state index is 0.123. The van der Waals surface area contributed by atoms with Crippen LogP contribution in [0.4, 0.5) is 10.1 Å². The van der Waals surface area contributed by atoms with Crippen molar-refractivity contribution in [3.63, 3.8) is 0 Å². The van der Waals surface area contributed by atoms with E-state index in [1.165, 1.54) is 54.3 Å². The SMILES string of the molecule is CC(C)NC(=O)C(C)N(Cc1c(Cl)cccc1Cl)C(=O)CN(c1ccccc1F)S(=O)(=O)c1ccccc1. The molecule has 7 nitrogen and oxygen atoms in total. The second-order valence-electron chi connectivity index (χ2n) is 8.84. The average molecular weight is 581 g/mol. The largest absolute Gasteiger partial charge is 0.352 e. The lowest BCUT2D eigenvalue weighted by atomic mass is 10.1. The minimum atomic E-state index is -4.37. The molecule has 202 valence electrons. The standard InChI is InChI=1S/C27H28Cl2FN3O4S/c1-18(2)31-27(35)19(3)32(16-21-22(28)12-9-13-23(21)29)26(34)17-33(25-15-8-7-14-24(25)30)38(36,37)20-10-5-4-6-11-20/h4-15,18-19H,16-17H2,1-3H3,(H,31,35). The molecule has 3 aromatic carbocycles. The minimum Gasteiger partial charge on any atom is -0.352 e. The van der Waals surface area contributed by atoms with Gasteiger partial charge in [-0.1, -0.05) is 59.6 Å². The van der Waals surface area contributed by atoms with E-state index in [0.717, 1.165) is 6.07 Å². The molecule has 38 heavy (non-hydrogen) atoms. The van der Waals surface area contributed by atoms with Gasteiger partial charge in [0.05, 0.1) is 10.6 Å².